The number of carbonyl (C=O) groups is 1. The van der Waals surface area contributed by atoms with Gasteiger partial charge < -0.3 is 14.7 Å². The van der Waals surface area contributed by atoms with Gasteiger partial charge in [-0.05, 0) is 25.5 Å². The van der Waals surface area contributed by atoms with Crippen molar-refractivity contribution >= 4 is 27.4 Å². The Morgan fingerprint density at radius 2 is 1.96 bits per heavy atom. The van der Waals surface area contributed by atoms with E-state index in [-0.39, 0.29) is 49.1 Å². The van der Waals surface area contributed by atoms with Crippen LogP contribution in [0.1, 0.15) is 13.3 Å². The number of aliphatic carboxylic acids is 1. The van der Waals surface area contributed by atoms with Crippen molar-refractivity contribution in [3.63, 3.8) is 0 Å². The number of nitrogens with zero attached hydrogens (tertiary/aromatic N) is 3. The van der Waals surface area contributed by atoms with E-state index in [1.165, 1.54) is 16.4 Å². The number of benzene rings is 1. The molecular weight excluding hydrogens is 378 g/mol. The van der Waals surface area contributed by atoms with Gasteiger partial charge in [0.1, 0.15) is 5.69 Å². The first-order chi connectivity index (χ1) is 12.6. The van der Waals surface area contributed by atoms with Crippen LogP contribution in [0.3, 0.4) is 0 Å². The summed E-state index contributed by atoms with van der Waals surface area (Å²) in [6.07, 6.45) is 0.354. The molecule has 3 rings (SSSR count). The molecule has 2 aliphatic heterocycles. The Kier molecular flexibility index (Phi) is 5.10. The molecule has 1 aromatic rings. The van der Waals surface area contributed by atoms with Crippen LogP contribution in [0.4, 0.5) is 11.4 Å². The number of anilines is 1. The molecule has 0 amide bonds. The summed E-state index contributed by atoms with van der Waals surface area (Å²) >= 11 is 0. The third kappa shape index (κ3) is 3.62. The Morgan fingerprint density at radius 1 is 1.30 bits per heavy atom. The molecule has 1 atom stereocenters. The molecule has 0 aromatic heterocycles. The average molecular weight is 399 g/mol. The number of hydrogen-bond donors (Lipinski definition) is 1. The summed E-state index contributed by atoms with van der Waals surface area (Å²) in [6.45, 7) is 3.01. The lowest BCUT2D eigenvalue weighted by atomic mass is 9.90. The Labute approximate surface area is 156 Å². The lowest BCUT2D eigenvalue weighted by molar-refractivity contribution is -0.384. The van der Waals surface area contributed by atoms with Gasteiger partial charge in [0.25, 0.3) is 5.69 Å². The summed E-state index contributed by atoms with van der Waals surface area (Å²) in [5.41, 5.74) is -1.11. The van der Waals surface area contributed by atoms with Gasteiger partial charge in [-0.2, -0.15) is 4.31 Å². The molecular formula is C16H21N3O7S. The van der Waals surface area contributed by atoms with Gasteiger partial charge in [0.2, 0.25) is 10.0 Å². The highest BCUT2D eigenvalue weighted by atomic mass is 32.2. The molecule has 0 spiro atoms. The number of carboxylic acid groups (broad SMARTS) is 1. The van der Waals surface area contributed by atoms with Gasteiger partial charge in [0.05, 0.1) is 28.4 Å². The maximum absolute atomic E-state index is 12.7. The van der Waals surface area contributed by atoms with E-state index in [0.29, 0.717) is 13.0 Å². The van der Waals surface area contributed by atoms with Gasteiger partial charge in [0, 0.05) is 32.2 Å². The highest BCUT2D eigenvalue weighted by molar-refractivity contribution is 7.89. The van der Waals surface area contributed by atoms with E-state index in [1.54, 1.807) is 11.8 Å². The molecule has 0 saturated carbocycles. The largest absolute Gasteiger partial charge is 0.481 e. The zero-order chi connectivity index (χ0) is 19.8. The molecule has 0 radical (unpaired) electrons. The molecule has 11 heteroatoms. The zero-order valence-corrected chi connectivity index (χ0v) is 15.6. The number of nitro benzene ring substituents is 1. The van der Waals surface area contributed by atoms with Crippen molar-refractivity contribution in [1.29, 1.82) is 0 Å². The number of morpholine rings is 1. The summed E-state index contributed by atoms with van der Waals surface area (Å²) in [4.78, 5) is 23.8. The lowest BCUT2D eigenvalue weighted by Crippen LogP contribution is -2.40. The fourth-order valence-electron chi connectivity index (χ4n) is 3.35. The fraction of sp³-hybridized carbons (Fsp3) is 0.562. The number of ether oxygens (including phenoxy) is 1. The minimum absolute atomic E-state index is 0.124. The Morgan fingerprint density at radius 3 is 2.52 bits per heavy atom. The van der Waals surface area contributed by atoms with Crippen molar-refractivity contribution in [2.75, 3.05) is 44.3 Å². The van der Waals surface area contributed by atoms with Crippen molar-refractivity contribution in [3.05, 3.63) is 28.3 Å². The van der Waals surface area contributed by atoms with E-state index < -0.39 is 26.3 Å². The molecule has 0 aliphatic carbocycles. The predicted molar refractivity (Wildman–Crippen MR) is 95.2 cm³/mol. The Bertz CT molecular complexity index is 867. The number of sulfonamides is 1. The summed E-state index contributed by atoms with van der Waals surface area (Å²) in [5, 5.41) is 20.9. The molecule has 0 bridgehead atoms. The van der Waals surface area contributed by atoms with Crippen LogP contribution < -0.4 is 4.90 Å². The van der Waals surface area contributed by atoms with E-state index in [9.17, 15) is 28.4 Å². The topological polar surface area (TPSA) is 130 Å². The van der Waals surface area contributed by atoms with Gasteiger partial charge in [-0.25, -0.2) is 8.42 Å². The lowest BCUT2D eigenvalue weighted by Gasteiger charge is -2.26. The first kappa shape index (κ1) is 19.5. The van der Waals surface area contributed by atoms with Crippen molar-refractivity contribution in [2.45, 2.75) is 18.2 Å². The van der Waals surface area contributed by atoms with Crippen LogP contribution in [0.5, 0.6) is 0 Å². The second-order valence-corrected chi connectivity index (χ2v) is 8.90. The van der Waals surface area contributed by atoms with Gasteiger partial charge >= 0.3 is 5.97 Å². The maximum Gasteiger partial charge on any atom is 0.311 e. The molecule has 2 aliphatic rings. The van der Waals surface area contributed by atoms with Crippen LogP contribution in [0.15, 0.2) is 23.1 Å². The normalized spacial score (nSPS) is 24.1. The first-order valence-corrected chi connectivity index (χ1v) is 9.94. The maximum atomic E-state index is 12.7. The summed E-state index contributed by atoms with van der Waals surface area (Å²) in [7, 11) is -3.86. The summed E-state index contributed by atoms with van der Waals surface area (Å²) < 4.78 is 31.9. The molecule has 27 heavy (non-hydrogen) atoms. The third-order valence-electron chi connectivity index (χ3n) is 5.08. The van der Waals surface area contributed by atoms with E-state index in [0.717, 1.165) is 6.07 Å². The second kappa shape index (κ2) is 7.06. The van der Waals surface area contributed by atoms with Gasteiger partial charge in [-0.1, -0.05) is 0 Å². The molecule has 2 fully saturated rings. The average Bonchev–Trinajstić information content (AvgIpc) is 3.05. The van der Waals surface area contributed by atoms with Crippen molar-refractivity contribution in [2.24, 2.45) is 5.41 Å². The molecule has 1 unspecified atom stereocenters. The van der Waals surface area contributed by atoms with Crippen LogP contribution in [-0.4, -0.2) is 68.1 Å². The fourth-order valence-corrected chi connectivity index (χ4v) is 4.78. The summed E-state index contributed by atoms with van der Waals surface area (Å²) in [5.74, 6) is -0.959. The number of nitro groups is 1. The Hall–Kier alpha value is -2.24. The van der Waals surface area contributed by atoms with Gasteiger partial charge in [-0.3, -0.25) is 14.9 Å². The third-order valence-corrected chi connectivity index (χ3v) is 6.98. The highest BCUT2D eigenvalue weighted by Gasteiger charge is 2.42. The van der Waals surface area contributed by atoms with Crippen LogP contribution >= 0.6 is 0 Å². The molecule has 10 nitrogen and oxygen atoms in total. The number of rotatable bonds is 5. The predicted octanol–water partition coefficient (Wildman–Crippen LogP) is 0.917. The number of hydrogen-bond acceptors (Lipinski definition) is 7. The van der Waals surface area contributed by atoms with Gasteiger partial charge in [0.15, 0.2) is 0 Å². The zero-order valence-electron chi connectivity index (χ0n) is 14.8. The molecule has 1 aromatic carbocycles. The van der Waals surface area contributed by atoms with E-state index in [4.69, 9.17) is 4.74 Å². The van der Waals surface area contributed by atoms with E-state index >= 15 is 0 Å². The molecule has 1 N–H and O–H groups in total. The van der Waals surface area contributed by atoms with Crippen molar-refractivity contribution in [1.82, 2.24) is 4.31 Å². The minimum atomic E-state index is -3.86. The smallest absolute Gasteiger partial charge is 0.311 e. The quantitative estimate of drug-likeness (QED) is 0.571. The minimum Gasteiger partial charge on any atom is -0.481 e. The summed E-state index contributed by atoms with van der Waals surface area (Å²) in [6, 6.07) is 3.78. The molecule has 2 saturated heterocycles. The SMILES string of the molecule is CC1(C(=O)O)CCN(c2ccc(S(=O)(=O)N3CCOCC3)cc2[N+](=O)[O-])C1. The Balaban J connectivity index is 1.94. The highest BCUT2D eigenvalue weighted by Crippen LogP contribution is 2.38. The molecule has 2 heterocycles. The number of carboxylic acids is 1. The van der Waals surface area contributed by atoms with E-state index in [2.05, 4.69) is 0 Å². The van der Waals surface area contributed by atoms with Crippen LogP contribution in [0, 0.1) is 15.5 Å². The second-order valence-electron chi connectivity index (χ2n) is 6.96. The van der Waals surface area contributed by atoms with Crippen molar-refractivity contribution in [3.8, 4) is 0 Å². The monoisotopic (exact) mass is 399 g/mol. The van der Waals surface area contributed by atoms with Crippen molar-refractivity contribution < 1.29 is 28.0 Å². The molecule has 148 valence electrons. The standard InChI is InChI=1S/C16H21N3O7S/c1-16(15(20)21)4-5-17(11-16)13-3-2-12(10-14(13)19(22)23)27(24,25)18-6-8-26-9-7-18/h2-3,10H,4-9,11H2,1H3,(H,20,21). The van der Waals surface area contributed by atoms with Crippen LogP contribution in [0.25, 0.3) is 0 Å². The van der Waals surface area contributed by atoms with Crippen LogP contribution in [0.2, 0.25) is 0 Å². The van der Waals surface area contributed by atoms with E-state index in [1.807, 2.05) is 0 Å². The first-order valence-electron chi connectivity index (χ1n) is 8.50. The van der Waals surface area contributed by atoms with Crippen LogP contribution in [-0.2, 0) is 19.6 Å². The van der Waals surface area contributed by atoms with Gasteiger partial charge in [-0.15, -0.1) is 0 Å².